The Hall–Kier alpha value is -5.56. The maximum Gasteiger partial charge on any atom is 0.308 e. The van der Waals surface area contributed by atoms with Crippen molar-refractivity contribution in [2.24, 2.45) is 0 Å². The van der Waals surface area contributed by atoms with Crippen molar-refractivity contribution in [3.63, 3.8) is 0 Å². The van der Waals surface area contributed by atoms with Crippen molar-refractivity contribution >= 4 is 87.7 Å². The summed E-state index contributed by atoms with van der Waals surface area (Å²) >= 11 is 0. The third-order valence-electron chi connectivity index (χ3n) is 7.81. The van der Waals surface area contributed by atoms with Gasteiger partial charge in [-0.05, 0) is 0 Å². The molecule has 0 N–H and O–H groups in total. The Morgan fingerprint density at radius 3 is 1.20 bits per heavy atom. The van der Waals surface area contributed by atoms with Gasteiger partial charge in [-0.25, -0.2) is 0 Å². The van der Waals surface area contributed by atoms with Gasteiger partial charge in [0.05, 0.1) is 0 Å². The van der Waals surface area contributed by atoms with Gasteiger partial charge in [0, 0.05) is 78.5 Å². The molecule has 0 saturated carbocycles. The van der Waals surface area contributed by atoms with Crippen LogP contribution in [0.3, 0.4) is 0 Å². The molecule has 7 aromatic carbocycles. The fourth-order valence-electron chi connectivity index (χ4n) is 6.37. The van der Waals surface area contributed by atoms with Crippen LogP contribution < -0.4 is 20.3 Å². The van der Waals surface area contributed by atoms with Crippen LogP contribution in [0.25, 0.3) is 75.8 Å². The molecular formula is C34H18O7. The molecule has 41 heavy (non-hydrogen) atoms. The van der Waals surface area contributed by atoms with Gasteiger partial charge in [0.2, 0.25) is 0 Å². The number of hydrogen-bond donors (Lipinski definition) is 0. The normalized spacial score (nSPS) is 12.0. The van der Waals surface area contributed by atoms with E-state index in [0.29, 0.717) is 54.3 Å². The first-order chi connectivity index (χ1) is 19.9. The molecule has 1 heterocycles. The summed E-state index contributed by atoms with van der Waals surface area (Å²) in [6, 6.07) is 21.2. The summed E-state index contributed by atoms with van der Waals surface area (Å²) in [5.41, 5.74) is 0.140. The van der Waals surface area contributed by atoms with E-state index in [4.69, 9.17) is 13.9 Å². The summed E-state index contributed by atoms with van der Waals surface area (Å²) in [7, 11) is 0. The summed E-state index contributed by atoms with van der Waals surface area (Å²) in [4.78, 5) is 53.7. The summed E-state index contributed by atoms with van der Waals surface area (Å²) in [5, 5.41) is 4.76. The summed E-state index contributed by atoms with van der Waals surface area (Å²) in [6.45, 7) is 2.58. The number of benzene rings is 7. The van der Waals surface area contributed by atoms with Gasteiger partial charge in [-0.2, -0.15) is 0 Å². The lowest BCUT2D eigenvalue weighted by molar-refractivity contribution is -0.132. The van der Waals surface area contributed by atoms with Crippen LogP contribution in [0.4, 0.5) is 0 Å². The SMILES string of the molecule is CC(=O)Oc1c2ccccc2c2oc3c4ccccc4c(OC(C)=O)c4c5c(=O)c6ccccc6c(=O)c5c1c2c34. The Balaban J connectivity index is 1.87. The topological polar surface area (TPSA) is 99.9 Å². The molecule has 7 heteroatoms. The van der Waals surface area contributed by atoms with Crippen LogP contribution in [0.2, 0.25) is 0 Å². The first-order valence-electron chi connectivity index (χ1n) is 13.0. The predicted octanol–water partition coefficient (Wildman–Crippen LogP) is 6.80. The Labute approximate surface area is 229 Å². The van der Waals surface area contributed by atoms with Crippen LogP contribution in [0.5, 0.6) is 11.5 Å². The summed E-state index contributed by atoms with van der Waals surface area (Å²) in [5.74, 6) is -0.812. The first kappa shape index (κ1) is 23.3. The molecule has 0 saturated heterocycles. The minimum Gasteiger partial charge on any atom is -0.455 e. The molecule has 0 fully saturated rings. The fourth-order valence-corrected chi connectivity index (χ4v) is 6.37. The van der Waals surface area contributed by atoms with Crippen molar-refractivity contribution in [3.05, 3.63) is 93.2 Å². The van der Waals surface area contributed by atoms with E-state index in [1.807, 2.05) is 24.3 Å². The number of fused-ring (bicyclic) bond motifs is 8. The predicted molar refractivity (Wildman–Crippen MR) is 159 cm³/mol. The lowest BCUT2D eigenvalue weighted by Gasteiger charge is -2.17. The van der Waals surface area contributed by atoms with E-state index in [0.717, 1.165) is 0 Å². The number of hydrogen-bond acceptors (Lipinski definition) is 7. The lowest BCUT2D eigenvalue weighted by Crippen LogP contribution is -2.15. The van der Waals surface area contributed by atoms with Gasteiger partial charge < -0.3 is 13.9 Å². The standard InChI is InChI=1S/C34H18O7/c1-15(35)39-31-19-11-5-7-13-21(19)33-27-25(31)23-24(30(38)18-10-4-3-9-17(18)29(23)37)26-28(27)34(41-33)22-14-8-6-12-20(22)32(26)40-16(2)36/h3-14H,1-2H3. The number of carbonyl (C=O) groups excluding carboxylic acids is 2. The Morgan fingerprint density at radius 2 is 0.829 bits per heavy atom. The number of rotatable bonds is 2. The van der Waals surface area contributed by atoms with Gasteiger partial charge in [0.1, 0.15) is 22.7 Å². The lowest BCUT2D eigenvalue weighted by atomic mass is 9.87. The zero-order chi connectivity index (χ0) is 28.2. The second kappa shape index (κ2) is 7.99. The molecule has 0 aliphatic carbocycles. The van der Waals surface area contributed by atoms with E-state index in [9.17, 15) is 19.2 Å². The van der Waals surface area contributed by atoms with Crippen molar-refractivity contribution in [2.75, 3.05) is 0 Å². The van der Waals surface area contributed by atoms with Gasteiger partial charge in [0.25, 0.3) is 0 Å². The van der Waals surface area contributed by atoms with Crippen LogP contribution in [0.15, 0.2) is 86.8 Å². The molecule has 0 unspecified atom stereocenters. The molecule has 0 amide bonds. The Bertz CT molecular complexity index is 2400. The molecule has 7 nitrogen and oxygen atoms in total. The fraction of sp³-hybridized carbons (Fsp3) is 0.0588. The molecule has 0 spiro atoms. The van der Waals surface area contributed by atoms with Crippen LogP contribution in [-0.2, 0) is 9.59 Å². The van der Waals surface area contributed by atoms with Crippen molar-refractivity contribution in [1.82, 2.24) is 0 Å². The second-order valence-electron chi connectivity index (χ2n) is 10.2. The largest absolute Gasteiger partial charge is 0.455 e. The van der Waals surface area contributed by atoms with Crippen molar-refractivity contribution in [2.45, 2.75) is 13.8 Å². The Kier molecular flexibility index (Phi) is 4.55. The number of ether oxygens (including phenoxy) is 2. The average molecular weight is 539 g/mol. The van der Waals surface area contributed by atoms with Crippen molar-refractivity contribution < 1.29 is 23.5 Å². The van der Waals surface area contributed by atoms with E-state index in [1.54, 1.807) is 48.5 Å². The van der Waals surface area contributed by atoms with Gasteiger partial charge in [-0.1, -0.05) is 72.8 Å². The van der Waals surface area contributed by atoms with E-state index >= 15 is 0 Å². The molecule has 0 radical (unpaired) electrons. The average Bonchev–Trinajstić information content (AvgIpc) is 3.37. The summed E-state index contributed by atoms with van der Waals surface area (Å²) < 4.78 is 18.3. The van der Waals surface area contributed by atoms with Crippen molar-refractivity contribution in [3.8, 4) is 11.5 Å². The van der Waals surface area contributed by atoms with Crippen LogP contribution in [0, 0.1) is 0 Å². The zero-order valence-corrected chi connectivity index (χ0v) is 21.8. The minimum atomic E-state index is -0.576. The van der Waals surface area contributed by atoms with Gasteiger partial charge in [0.15, 0.2) is 10.9 Å². The monoisotopic (exact) mass is 538 g/mol. The quantitative estimate of drug-likeness (QED) is 0.103. The highest BCUT2D eigenvalue weighted by Gasteiger charge is 2.31. The minimum absolute atomic E-state index is 0.0830. The number of carbonyl (C=O) groups is 2. The maximum absolute atomic E-state index is 14.4. The number of esters is 2. The van der Waals surface area contributed by atoms with E-state index in [1.165, 1.54) is 13.8 Å². The van der Waals surface area contributed by atoms with Gasteiger partial charge in [-0.15, -0.1) is 0 Å². The molecule has 0 atom stereocenters. The van der Waals surface area contributed by atoms with E-state index < -0.39 is 22.8 Å². The van der Waals surface area contributed by atoms with Crippen LogP contribution in [0.1, 0.15) is 13.8 Å². The second-order valence-corrected chi connectivity index (χ2v) is 10.2. The first-order valence-corrected chi connectivity index (χ1v) is 13.0. The molecule has 1 aromatic heterocycles. The molecular weight excluding hydrogens is 520 g/mol. The van der Waals surface area contributed by atoms with Crippen LogP contribution in [-0.4, -0.2) is 11.9 Å². The zero-order valence-electron chi connectivity index (χ0n) is 21.8. The van der Waals surface area contributed by atoms with Gasteiger partial charge in [-0.3, -0.25) is 19.2 Å². The molecule has 8 rings (SSSR count). The smallest absolute Gasteiger partial charge is 0.308 e. The third kappa shape index (κ3) is 2.92. The van der Waals surface area contributed by atoms with E-state index in [2.05, 4.69) is 0 Å². The van der Waals surface area contributed by atoms with E-state index in [-0.39, 0.29) is 33.0 Å². The maximum atomic E-state index is 14.4. The molecule has 196 valence electrons. The molecule has 0 aliphatic heterocycles. The highest BCUT2D eigenvalue weighted by atomic mass is 16.5. The highest BCUT2D eigenvalue weighted by Crippen LogP contribution is 2.53. The molecule has 0 bridgehead atoms. The molecule has 0 aliphatic rings. The third-order valence-corrected chi connectivity index (χ3v) is 7.81. The van der Waals surface area contributed by atoms with Gasteiger partial charge >= 0.3 is 11.9 Å². The molecule has 8 aromatic rings. The van der Waals surface area contributed by atoms with Crippen molar-refractivity contribution in [1.29, 1.82) is 0 Å². The number of furan rings is 1. The summed E-state index contributed by atoms with van der Waals surface area (Å²) in [6.07, 6.45) is 0. The Morgan fingerprint density at radius 1 is 0.488 bits per heavy atom. The highest BCUT2D eigenvalue weighted by molar-refractivity contribution is 6.43. The van der Waals surface area contributed by atoms with Crippen LogP contribution >= 0.6 is 0 Å².